The molecule has 110 valence electrons. The molecule has 0 atom stereocenters. The van der Waals surface area contributed by atoms with Crippen molar-refractivity contribution in [2.45, 2.75) is 32.6 Å². The standard InChI is InChI=1S/C17H22S.C2H6/c1-13-6-7-16(12-14(13)2)15-8-10-17(11-9-15)18(3,4)5;1-2/h6-12H,1-5H3;1-2H3. The molecule has 0 aromatic heterocycles. The van der Waals surface area contributed by atoms with Crippen LogP contribution in [0.25, 0.3) is 11.1 Å². The van der Waals surface area contributed by atoms with E-state index in [0.717, 1.165) is 0 Å². The number of rotatable bonds is 2. The minimum absolute atomic E-state index is 0.617. The summed E-state index contributed by atoms with van der Waals surface area (Å²) in [6, 6.07) is 15.7. The fourth-order valence-electron chi connectivity index (χ4n) is 1.98. The van der Waals surface area contributed by atoms with Crippen LogP contribution >= 0.6 is 10.0 Å². The van der Waals surface area contributed by atoms with Gasteiger partial charge in [0.25, 0.3) is 0 Å². The number of hydrogen-bond donors (Lipinski definition) is 0. The van der Waals surface area contributed by atoms with Crippen molar-refractivity contribution < 1.29 is 0 Å². The van der Waals surface area contributed by atoms with E-state index >= 15 is 0 Å². The van der Waals surface area contributed by atoms with E-state index in [4.69, 9.17) is 0 Å². The first kappa shape index (κ1) is 16.8. The first-order valence-electron chi connectivity index (χ1n) is 7.24. The molecule has 0 nitrogen and oxygen atoms in total. The van der Waals surface area contributed by atoms with E-state index in [2.05, 4.69) is 75.1 Å². The van der Waals surface area contributed by atoms with Crippen molar-refractivity contribution in [2.75, 3.05) is 18.8 Å². The maximum atomic E-state index is 2.33. The van der Waals surface area contributed by atoms with E-state index < -0.39 is 10.0 Å². The van der Waals surface area contributed by atoms with Gasteiger partial charge in [-0.1, -0.05) is 44.2 Å². The van der Waals surface area contributed by atoms with E-state index in [9.17, 15) is 0 Å². The largest absolute Gasteiger partial charge is 0.223 e. The van der Waals surface area contributed by atoms with Gasteiger partial charge in [0.15, 0.2) is 0 Å². The molecule has 0 unspecified atom stereocenters. The van der Waals surface area contributed by atoms with Gasteiger partial charge in [0, 0.05) is 0 Å². The van der Waals surface area contributed by atoms with Crippen molar-refractivity contribution in [3.63, 3.8) is 0 Å². The van der Waals surface area contributed by atoms with Gasteiger partial charge in [0.2, 0.25) is 0 Å². The summed E-state index contributed by atoms with van der Waals surface area (Å²) in [5.74, 6) is 0. The predicted molar refractivity (Wildman–Crippen MR) is 96.3 cm³/mol. The van der Waals surface area contributed by atoms with Crippen LogP contribution in [0.15, 0.2) is 47.4 Å². The summed E-state index contributed by atoms with van der Waals surface area (Å²) in [5.41, 5.74) is 5.34. The molecule has 0 aliphatic rings. The monoisotopic (exact) mass is 288 g/mol. The number of aryl methyl sites for hydroxylation is 2. The smallest absolute Gasteiger partial charge is 0.0106 e. The second-order valence-electron chi connectivity index (χ2n) is 5.66. The fourth-order valence-corrected chi connectivity index (χ4v) is 2.93. The van der Waals surface area contributed by atoms with Crippen LogP contribution < -0.4 is 0 Å². The quantitative estimate of drug-likeness (QED) is 0.631. The van der Waals surface area contributed by atoms with Crippen molar-refractivity contribution >= 4 is 10.0 Å². The Morgan fingerprint density at radius 1 is 0.650 bits per heavy atom. The fraction of sp³-hybridized carbons (Fsp3) is 0.368. The van der Waals surface area contributed by atoms with E-state index in [1.54, 1.807) is 0 Å². The Bertz CT molecular complexity index is 545. The van der Waals surface area contributed by atoms with Gasteiger partial charge in [0.05, 0.1) is 0 Å². The second kappa shape index (κ2) is 6.99. The molecule has 0 aliphatic heterocycles. The number of hydrogen-bond acceptors (Lipinski definition) is 0. The molecule has 0 saturated carbocycles. The molecule has 0 saturated heterocycles. The van der Waals surface area contributed by atoms with Crippen LogP contribution in [0.5, 0.6) is 0 Å². The molecule has 0 N–H and O–H groups in total. The molecule has 0 radical (unpaired) electrons. The summed E-state index contributed by atoms with van der Waals surface area (Å²) in [5, 5.41) is 0. The maximum Gasteiger partial charge on any atom is -0.0106 e. The minimum Gasteiger partial charge on any atom is -0.223 e. The highest BCUT2D eigenvalue weighted by Crippen LogP contribution is 2.45. The van der Waals surface area contributed by atoms with E-state index in [-0.39, 0.29) is 0 Å². The minimum atomic E-state index is -0.617. The maximum absolute atomic E-state index is 2.33. The molecule has 0 heterocycles. The Kier molecular flexibility index (Phi) is 5.88. The van der Waals surface area contributed by atoms with E-state index in [1.165, 1.54) is 27.1 Å². The molecule has 2 rings (SSSR count). The summed E-state index contributed by atoms with van der Waals surface area (Å²) in [7, 11) is -0.617. The van der Waals surface area contributed by atoms with Gasteiger partial charge in [0.1, 0.15) is 0 Å². The van der Waals surface area contributed by atoms with Crippen LogP contribution in [0, 0.1) is 13.8 Å². The lowest BCUT2D eigenvalue weighted by Gasteiger charge is -2.25. The summed E-state index contributed by atoms with van der Waals surface area (Å²) < 4.78 is 0. The van der Waals surface area contributed by atoms with Crippen molar-refractivity contribution in [3.05, 3.63) is 53.6 Å². The van der Waals surface area contributed by atoms with Gasteiger partial charge in [-0.25, -0.2) is 10.0 Å². The van der Waals surface area contributed by atoms with Crippen molar-refractivity contribution in [2.24, 2.45) is 0 Å². The third-order valence-electron chi connectivity index (χ3n) is 3.40. The summed E-state index contributed by atoms with van der Waals surface area (Å²) in [6.45, 7) is 8.33. The van der Waals surface area contributed by atoms with Gasteiger partial charge >= 0.3 is 0 Å². The highest BCUT2D eigenvalue weighted by atomic mass is 32.3. The molecule has 1 heteroatoms. The van der Waals surface area contributed by atoms with Crippen LogP contribution in [0.3, 0.4) is 0 Å². The Morgan fingerprint density at radius 3 is 1.60 bits per heavy atom. The molecule has 0 spiro atoms. The average molecular weight is 288 g/mol. The summed E-state index contributed by atoms with van der Waals surface area (Å²) in [6.07, 6.45) is 6.99. The van der Waals surface area contributed by atoms with E-state index in [0.29, 0.717) is 0 Å². The van der Waals surface area contributed by atoms with Gasteiger partial charge in [-0.15, -0.1) is 0 Å². The first-order valence-corrected chi connectivity index (χ1v) is 10.1. The van der Waals surface area contributed by atoms with Gasteiger partial charge in [-0.3, -0.25) is 0 Å². The van der Waals surface area contributed by atoms with Crippen LogP contribution in [-0.2, 0) is 0 Å². The van der Waals surface area contributed by atoms with Crippen LogP contribution in [0.4, 0.5) is 0 Å². The van der Waals surface area contributed by atoms with E-state index in [1.807, 2.05) is 13.8 Å². The van der Waals surface area contributed by atoms with Crippen molar-refractivity contribution in [1.29, 1.82) is 0 Å². The van der Waals surface area contributed by atoms with Crippen LogP contribution in [-0.4, -0.2) is 18.8 Å². The highest BCUT2D eigenvalue weighted by molar-refractivity contribution is 8.32. The third kappa shape index (κ3) is 4.14. The van der Waals surface area contributed by atoms with Crippen LogP contribution in [0.1, 0.15) is 25.0 Å². The Morgan fingerprint density at radius 2 is 1.15 bits per heavy atom. The third-order valence-corrected chi connectivity index (χ3v) is 5.09. The van der Waals surface area contributed by atoms with Crippen molar-refractivity contribution in [1.82, 2.24) is 0 Å². The molecule has 0 aliphatic carbocycles. The predicted octanol–water partition coefficient (Wildman–Crippen LogP) is 6.05. The summed E-state index contributed by atoms with van der Waals surface area (Å²) >= 11 is 0. The zero-order chi connectivity index (χ0) is 15.3. The topological polar surface area (TPSA) is 0 Å². The molecule has 2 aromatic carbocycles. The zero-order valence-electron chi connectivity index (χ0n) is 13.9. The number of benzene rings is 2. The lowest BCUT2D eigenvalue weighted by molar-refractivity contribution is 1.34. The molecular weight excluding hydrogens is 260 g/mol. The van der Waals surface area contributed by atoms with Gasteiger partial charge in [-0.05, 0) is 71.9 Å². The summed E-state index contributed by atoms with van der Waals surface area (Å²) in [4.78, 5) is 1.47. The van der Waals surface area contributed by atoms with Gasteiger partial charge in [-0.2, -0.15) is 0 Å². The molecule has 20 heavy (non-hydrogen) atoms. The van der Waals surface area contributed by atoms with Crippen molar-refractivity contribution in [3.8, 4) is 11.1 Å². The SMILES string of the molecule is CC.Cc1ccc(-c2ccc(S(C)(C)C)cc2)cc1C. The molecule has 0 bridgehead atoms. The lowest BCUT2D eigenvalue weighted by Crippen LogP contribution is -1.92. The first-order chi connectivity index (χ1) is 9.38. The van der Waals surface area contributed by atoms with Crippen LogP contribution in [0.2, 0.25) is 0 Å². The normalized spacial score (nSPS) is 11.6. The average Bonchev–Trinajstić information content (AvgIpc) is 2.43. The molecule has 2 aromatic rings. The molecular formula is C19H28S. The Labute approximate surface area is 126 Å². The Hall–Kier alpha value is -1.21. The lowest BCUT2D eigenvalue weighted by atomic mass is 10.0. The highest BCUT2D eigenvalue weighted by Gasteiger charge is 2.07. The second-order valence-corrected chi connectivity index (χ2v) is 9.81. The zero-order valence-corrected chi connectivity index (χ0v) is 14.8. The Balaban J connectivity index is 0.000000956. The molecule has 0 fully saturated rings. The van der Waals surface area contributed by atoms with Gasteiger partial charge < -0.3 is 0 Å². The molecule has 0 amide bonds.